The van der Waals surface area contributed by atoms with E-state index in [1.165, 1.54) is 10.5 Å². The van der Waals surface area contributed by atoms with Crippen LogP contribution in [0.15, 0.2) is 71.6 Å². The highest BCUT2D eigenvalue weighted by Crippen LogP contribution is 2.32. The van der Waals surface area contributed by atoms with Crippen molar-refractivity contribution in [3.05, 3.63) is 71.8 Å². The number of fused-ring (bicyclic) bond motifs is 1. The van der Waals surface area contributed by atoms with Gasteiger partial charge in [-0.15, -0.1) is 11.8 Å². The van der Waals surface area contributed by atoms with Crippen molar-refractivity contribution in [1.82, 2.24) is 10.2 Å². The van der Waals surface area contributed by atoms with E-state index in [9.17, 15) is 4.79 Å². The fraction of sp³-hybridized carbons (Fsp3) is 0.0909. The number of aromatic nitrogens is 2. The van der Waals surface area contributed by atoms with Crippen LogP contribution in [0.25, 0.3) is 22.0 Å². The Balaban J connectivity index is 1.49. The molecule has 3 aromatic carbocycles. The van der Waals surface area contributed by atoms with Gasteiger partial charge in [0, 0.05) is 15.3 Å². The molecular formula is C22H18ClN3O2S. The second kappa shape index (κ2) is 8.59. The summed E-state index contributed by atoms with van der Waals surface area (Å²) >= 11 is 7.55. The summed E-state index contributed by atoms with van der Waals surface area (Å²) in [4.78, 5) is 13.5. The summed E-state index contributed by atoms with van der Waals surface area (Å²) in [5.41, 5.74) is 3.11. The molecule has 0 aliphatic heterocycles. The molecule has 7 heteroatoms. The average molecular weight is 424 g/mol. The van der Waals surface area contributed by atoms with Gasteiger partial charge in [0.25, 0.3) is 5.91 Å². The fourth-order valence-corrected chi connectivity index (χ4v) is 3.76. The van der Waals surface area contributed by atoms with Gasteiger partial charge in [-0.2, -0.15) is 5.10 Å². The van der Waals surface area contributed by atoms with E-state index in [-0.39, 0.29) is 12.5 Å². The van der Waals surface area contributed by atoms with Gasteiger partial charge in [-0.05, 0) is 59.8 Å². The van der Waals surface area contributed by atoms with Crippen LogP contribution in [0, 0.1) is 0 Å². The molecule has 4 aromatic rings. The van der Waals surface area contributed by atoms with E-state index in [4.69, 9.17) is 16.3 Å². The fourth-order valence-electron chi connectivity index (χ4n) is 3.01. The molecule has 0 unspecified atom stereocenters. The lowest BCUT2D eigenvalue weighted by Gasteiger charge is -2.08. The Kier molecular flexibility index (Phi) is 5.74. The number of anilines is 1. The van der Waals surface area contributed by atoms with Crippen LogP contribution in [-0.4, -0.2) is 29.0 Å². The van der Waals surface area contributed by atoms with Gasteiger partial charge in [-0.1, -0.05) is 35.9 Å². The summed E-state index contributed by atoms with van der Waals surface area (Å²) < 4.78 is 5.48. The van der Waals surface area contributed by atoms with Crippen LogP contribution in [0.5, 0.6) is 5.75 Å². The van der Waals surface area contributed by atoms with Gasteiger partial charge < -0.3 is 10.1 Å². The van der Waals surface area contributed by atoms with Crippen molar-refractivity contribution in [2.24, 2.45) is 0 Å². The van der Waals surface area contributed by atoms with Crippen LogP contribution in [0.4, 0.5) is 5.82 Å². The topological polar surface area (TPSA) is 67.0 Å². The third-order valence-electron chi connectivity index (χ3n) is 4.42. The predicted molar refractivity (Wildman–Crippen MR) is 119 cm³/mol. The molecule has 0 saturated heterocycles. The van der Waals surface area contributed by atoms with Gasteiger partial charge in [-0.3, -0.25) is 9.89 Å². The molecule has 0 bridgehead atoms. The van der Waals surface area contributed by atoms with Crippen LogP contribution in [0.2, 0.25) is 5.02 Å². The zero-order chi connectivity index (χ0) is 20.2. The van der Waals surface area contributed by atoms with E-state index < -0.39 is 0 Å². The third-order valence-corrected chi connectivity index (χ3v) is 5.47. The average Bonchev–Trinajstić information content (AvgIpc) is 3.15. The smallest absolute Gasteiger partial charge is 0.263 e. The Hall–Kier alpha value is -2.96. The zero-order valence-electron chi connectivity index (χ0n) is 15.6. The second-order valence-electron chi connectivity index (χ2n) is 6.32. The summed E-state index contributed by atoms with van der Waals surface area (Å²) in [6, 6.07) is 21.1. The van der Waals surface area contributed by atoms with Gasteiger partial charge in [0.05, 0.1) is 5.52 Å². The molecule has 0 saturated carbocycles. The minimum absolute atomic E-state index is 0.116. The normalized spacial score (nSPS) is 10.8. The predicted octanol–water partition coefficient (Wildman–Crippen LogP) is 5.62. The van der Waals surface area contributed by atoms with E-state index in [0.29, 0.717) is 16.6 Å². The molecule has 1 amide bonds. The van der Waals surface area contributed by atoms with Gasteiger partial charge in [0.15, 0.2) is 12.4 Å². The molecule has 0 fully saturated rings. The molecule has 146 valence electrons. The Morgan fingerprint density at radius 2 is 1.93 bits per heavy atom. The molecule has 0 atom stereocenters. The van der Waals surface area contributed by atoms with Gasteiger partial charge in [0.2, 0.25) is 0 Å². The van der Waals surface area contributed by atoms with Crippen molar-refractivity contribution in [2.75, 3.05) is 18.2 Å². The molecule has 0 aliphatic carbocycles. The van der Waals surface area contributed by atoms with Crippen molar-refractivity contribution in [2.45, 2.75) is 4.90 Å². The number of hydrogen-bond acceptors (Lipinski definition) is 4. The number of aromatic amines is 1. The van der Waals surface area contributed by atoms with E-state index in [2.05, 4.69) is 33.9 Å². The Bertz CT molecular complexity index is 1160. The van der Waals surface area contributed by atoms with Crippen molar-refractivity contribution in [3.63, 3.8) is 0 Å². The van der Waals surface area contributed by atoms with Crippen LogP contribution < -0.4 is 10.1 Å². The number of amides is 1. The number of carbonyl (C=O) groups is 1. The molecule has 1 heterocycles. The molecule has 2 N–H and O–H groups in total. The first kappa shape index (κ1) is 19.4. The Morgan fingerprint density at radius 3 is 2.72 bits per heavy atom. The number of benzene rings is 3. The van der Waals surface area contributed by atoms with Crippen LogP contribution in [0.3, 0.4) is 0 Å². The summed E-state index contributed by atoms with van der Waals surface area (Å²) in [5, 5.41) is 11.5. The second-order valence-corrected chi connectivity index (χ2v) is 7.61. The number of rotatable bonds is 6. The standard InChI is InChI=1S/C22H18ClN3O2S/c1-29-20-5-3-2-4-17(20)14-6-11-18-19(12-14)25-26-22(18)24-21(27)13-28-16-9-7-15(23)8-10-16/h2-12H,13H2,1H3,(H2,24,25,26,27). The Labute approximate surface area is 177 Å². The maximum Gasteiger partial charge on any atom is 0.263 e. The molecule has 1 aromatic heterocycles. The lowest BCUT2D eigenvalue weighted by molar-refractivity contribution is -0.118. The van der Waals surface area contributed by atoms with Gasteiger partial charge in [0.1, 0.15) is 5.75 Å². The number of hydrogen-bond donors (Lipinski definition) is 2. The number of nitrogens with one attached hydrogen (secondary N) is 2. The SMILES string of the molecule is CSc1ccccc1-c1ccc2c(NC(=O)COc3ccc(Cl)cc3)n[nH]c2c1. The summed E-state index contributed by atoms with van der Waals surface area (Å²) in [6.07, 6.45) is 2.06. The number of thioether (sulfide) groups is 1. The molecule has 29 heavy (non-hydrogen) atoms. The molecule has 5 nitrogen and oxygen atoms in total. The third kappa shape index (κ3) is 4.39. The minimum atomic E-state index is -0.287. The van der Waals surface area contributed by atoms with Crippen molar-refractivity contribution >= 4 is 46.0 Å². The number of H-pyrrole nitrogens is 1. The highest BCUT2D eigenvalue weighted by atomic mass is 35.5. The number of carbonyl (C=O) groups excluding carboxylic acids is 1. The highest BCUT2D eigenvalue weighted by molar-refractivity contribution is 7.98. The maximum absolute atomic E-state index is 12.2. The molecule has 0 spiro atoms. The van der Waals surface area contributed by atoms with Crippen molar-refractivity contribution in [1.29, 1.82) is 0 Å². The summed E-state index contributed by atoms with van der Waals surface area (Å²) in [5.74, 6) is 0.771. The minimum Gasteiger partial charge on any atom is -0.484 e. The monoisotopic (exact) mass is 423 g/mol. The summed E-state index contributed by atoms with van der Waals surface area (Å²) in [6.45, 7) is -0.116. The highest BCUT2D eigenvalue weighted by Gasteiger charge is 2.12. The first-order valence-electron chi connectivity index (χ1n) is 8.94. The van der Waals surface area contributed by atoms with Gasteiger partial charge >= 0.3 is 0 Å². The lowest BCUT2D eigenvalue weighted by atomic mass is 10.0. The van der Waals surface area contributed by atoms with Crippen LogP contribution >= 0.6 is 23.4 Å². The maximum atomic E-state index is 12.2. The number of ether oxygens (including phenoxy) is 1. The molecular weight excluding hydrogens is 406 g/mol. The van der Waals surface area contributed by atoms with Crippen molar-refractivity contribution < 1.29 is 9.53 Å². The first-order valence-corrected chi connectivity index (χ1v) is 10.5. The summed E-state index contributed by atoms with van der Waals surface area (Å²) in [7, 11) is 0. The van der Waals surface area contributed by atoms with E-state index in [1.807, 2.05) is 30.3 Å². The van der Waals surface area contributed by atoms with Crippen LogP contribution in [0.1, 0.15) is 0 Å². The van der Waals surface area contributed by atoms with Crippen LogP contribution in [-0.2, 0) is 4.79 Å². The van der Waals surface area contributed by atoms with E-state index in [1.54, 1.807) is 36.0 Å². The Morgan fingerprint density at radius 1 is 1.14 bits per heavy atom. The molecule has 4 rings (SSSR count). The number of nitrogens with zero attached hydrogens (tertiary/aromatic N) is 1. The van der Waals surface area contributed by atoms with Crippen molar-refractivity contribution in [3.8, 4) is 16.9 Å². The molecule has 0 aliphatic rings. The number of halogens is 1. The van der Waals surface area contributed by atoms with Gasteiger partial charge in [-0.25, -0.2) is 0 Å². The zero-order valence-corrected chi connectivity index (χ0v) is 17.2. The largest absolute Gasteiger partial charge is 0.484 e. The quantitative estimate of drug-likeness (QED) is 0.395. The first-order chi connectivity index (χ1) is 14.1. The molecule has 0 radical (unpaired) electrons. The van der Waals surface area contributed by atoms with E-state index >= 15 is 0 Å². The lowest BCUT2D eigenvalue weighted by Crippen LogP contribution is -2.20. The van der Waals surface area contributed by atoms with E-state index in [0.717, 1.165) is 16.5 Å².